The van der Waals surface area contributed by atoms with E-state index in [0.29, 0.717) is 10.1 Å². The number of pyridine rings is 1. The molecule has 11 heteroatoms. The van der Waals surface area contributed by atoms with Crippen LogP contribution in [0.3, 0.4) is 0 Å². The highest BCUT2D eigenvalue weighted by Gasteiger charge is 2.31. The third kappa shape index (κ3) is 3.98. The molecular weight excluding hydrogens is 370 g/mol. The minimum atomic E-state index is -4.84. The molecule has 0 saturated carbocycles. The molecule has 3 aromatic rings. The van der Waals surface area contributed by atoms with Crippen molar-refractivity contribution in [2.75, 3.05) is 0 Å². The van der Waals surface area contributed by atoms with Crippen molar-refractivity contribution < 1.29 is 35.5 Å². The second kappa shape index (κ2) is 6.07. The molecule has 0 N–H and O–H groups in total. The highest BCUT2D eigenvalue weighted by molar-refractivity contribution is 5.77. The number of fused-ring (bicyclic) bond motifs is 1. The normalized spacial score (nSPS) is 12.5. The smallest absolute Gasteiger partial charge is 0.406 e. The van der Waals surface area contributed by atoms with E-state index in [1.807, 2.05) is 0 Å². The van der Waals surface area contributed by atoms with E-state index in [1.165, 1.54) is 18.2 Å². The number of halogens is 6. The molecule has 0 saturated heterocycles. The Hall–Kier alpha value is -2.98. The van der Waals surface area contributed by atoms with E-state index in [4.69, 9.17) is 4.42 Å². The van der Waals surface area contributed by atoms with Gasteiger partial charge in [-0.3, -0.25) is 9.55 Å². The SMILES string of the molecule is O=c1oc2cnc(-c3ccc(OC(F)(F)F)cc3)cc2n1CC(F)(F)F. The second-order valence-corrected chi connectivity index (χ2v) is 5.18. The molecule has 0 spiro atoms. The Morgan fingerprint density at radius 3 is 2.31 bits per heavy atom. The largest absolute Gasteiger partial charge is 0.573 e. The predicted molar refractivity (Wildman–Crippen MR) is 76.4 cm³/mol. The first-order valence-corrected chi connectivity index (χ1v) is 6.94. The van der Waals surface area contributed by atoms with E-state index in [0.717, 1.165) is 18.3 Å². The monoisotopic (exact) mass is 378 g/mol. The van der Waals surface area contributed by atoms with Crippen molar-refractivity contribution in [1.29, 1.82) is 0 Å². The predicted octanol–water partition coefficient (Wildman–Crippen LogP) is 4.12. The molecule has 0 radical (unpaired) electrons. The standard InChI is InChI=1S/C15H8F6N2O3/c16-14(17,18)7-23-11-5-10(22-6-12(11)25-13(23)24)8-1-3-9(4-2-8)26-15(19,20)21/h1-6H,7H2. The number of ether oxygens (including phenoxy) is 1. The maximum Gasteiger partial charge on any atom is 0.573 e. The van der Waals surface area contributed by atoms with Crippen molar-refractivity contribution in [3.63, 3.8) is 0 Å². The maximum atomic E-state index is 12.6. The lowest BCUT2D eigenvalue weighted by molar-refractivity contribution is -0.274. The number of hydrogen-bond acceptors (Lipinski definition) is 4. The van der Waals surface area contributed by atoms with Crippen LogP contribution in [0.4, 0.5) is 26.3 Å². The Morgan fingerprint density at radius 2 is 1.73 bits per heavy atom. The maximum absolute atomic E-state index is 12.6. The fourth-order valence-corrected chi connectivity index (χ4v) is 2.28. The number of aromatic nitrogens is 2. The van der Waals surface area contributed by atoms with E-state index in [9.17, 15) is 31.1 Å². The third-order valence-corrected chi connectivity index (χ3v) is 3.28. The summed E-state index contributed by atoms with van der Waals surface area (Å²) >= 11 is 0. The van der Waals surface area contributed by atoms with Gasteiger partial charge in [-0.1, -0.05) is 0 Å². The average Bonchev–Trinajstić information content (AvgIpc) is 2.80. The highest BCUT2D eigenvalue weighted by Crippen LogP contribution is 2.27. The lowest BCUT2D eigenvalue weighted by Crippen LogP contribution is -2.24. The Balaban J connectivity index is 1.98. The van der Waals surface area contributed by atoms with Gasteiger partial charge in [0.25, 0.3) is 0 Å². The first-order chi connectivity index (χ1) is 12.0. The van der Waals surface area contributed by atoms with Gasteiger partial charge in [0.2, 0.25) is 0 Å². The summed E-state index contributed by atoms with van der Waals surface area (Å²) in [5, 5.41) is 0. The number of oxazole rings is 1. The summed E-state index contributed by atoms with van der Waals surface area (Å²) in [6.45, 7) is -1.54. The lowest BCUT2D eigenvalue weighted by Gasteiger charge is -2.09. The van der Waals surface area contributed by atoms with E-state index in [1.54, 1.807) is 0 Å². The van der Waals surface area contributed by atoms with E-state index in [2.05, 4.69) is 9.72 Å². The minimum absolute atomic E-state index is 0.132. The van der Waals surface area contributed by atoms with Crippen LogP contribution in [0.15, 0.2) is 45.7 Å². The van der Waals surface area contributed by atoms with Gasteiger partial charge in [-0.05, 0) is 30.3 Å². The molecular formula is C15H8F6N2O3. The molecule has 138 valence electrons. The summed E-state index contributed by atoms with van der Waals surface area (Å²) in [6.07, 6.45) is -8.41. The summed E-state index contributed by atoms with van der Waals surface area (Å²) in [7, 11) is 0. The van der Waals surface area contributed by atoms with Crippen LogP contribution in [0.5, 0.6) is 5.75 Å². The van der Waals surface area contributed by atoms with E-state index in [-0.39, 0.29) is 16.8 Å². The number of nitrogens with zero attached hydrogens (tertiary/aromatic N) is 2. The van der Waals surface area contributed by atoms with Crippen LogP contribution in [-0.4, -0.2) is 22.1 Å². The van der Waals surface area contributed by atoms with Crippen molar-refractivity contribution in [3.8, 4) is 17.0 Å². The van der Waals surface area contributed by atoms with Crippen LogP contribution in [0, 0.1) is 0 Å². The van der Waals surface area contributed by atoms with Crippen LogP contribution in [0.25, 0.3) is 22.4 Å². The van der Waals surface area contributed by atoms with Gasteiger partial charge in [0.05, 0.1) is 17.4 Å². The van der Waals surface area contributed by atoms with Crippen LogP contribution in [0.1, 0.15) is 0 Å². The van der Waals surface area contributed by atoms with Crippen molar-refractivity contribution in [2.45, 2.75) is 19.1 Å². The van der Waals surface area contributed by atoms with Crippen LogP contribution < -0.4 is 10.5 Å². The first-order valence-electron chi connectivity index (χ1n) is 6.94. The molecule has 3 rings (SSSR count). The quantitative estimate of drug-likeness (QED) is 0.644. The van der Waals surface area contributed by atoms with Crippen molar-refractivity contribution in [2.24, 2.45) is 0 Å². The Bertz CT molecular complexity index is 986. The van der Waals surface area contributed by atoms with E-state index >= 15 is 0 Å². The molecule has 2 aromatic heterocycles. The molecule has 0 aliphatic heterocycles. The summed E-state index contributed by atoms with van der Waals surface area (Å²) in [5.74, 6) is -1.65. The highest BCUT2D eigenvalue weighted by atomic mass is 19.4. The van der Waals surface area contributed by atoms with Gasteiger partial charge in [-0.25, -0.2) is 4.79 Å². The molecule has 0 aliphatic carbocycles. The second-order valence-electron chi connectivity index (χ2n) is 5.18. The molecule has 0 unspecified atom stereocenters. The van der Waals surface area contributed by atoms with Gasteiger partial charge < -0.3 is 9.15 Å². The van der Waals surface area contributed by atoms with Crippen molar-refractivity contribution in [3.05, 3.63) is 47.1 Å². The molecule has 2 heterocycles. The van der Waals surface area contributed by atoms with Gasteiger partial charge >= 0.3 is 18.3 Å². The summed E-state index contributed by atoms with van der Waals surface area (Å²) in [4.78, 5) is 15.5. The fourth-order valence-electron chi connectivity index (χ4n) is 2.28. The fraction of sp³-hybridized carbons (Fsp3) is 0.200. The Morgan fingerprint density at radius 1 is 1.08 bits per heavy atom. The molecule has 0 bridgehead atoms. The van der Waals surface area contributed by atoms with Gasteiger partial charge in [0.15, 0.2) is 5.58 Å². The number of rotatable bonds is 3. The van der Waals surface area contributed by atoms with Crippen LogP contribution in [0.2, 0.25) is 0 Å². The Kier molecular flexibility index (Phi) is 4.17. The topological polar surface area (TPSA) is 57.3 Å². The average molecular weight is 378 g/mol. The summed E-state index contributed by atoms with van der Waals surface area (Å²) < 4.78 is 83.1. The van der Waals surface area contributed by atoms with Crippen LogP contribution >= 0.6 is 0 Å². The van der Waals surface area contributed by atoms with Crippen molar-refractivity contribution >= 4 is 11.1 Å². The lowest BCUT2D eigenvalue weighted by atomic mass is 10.1. The number of alkyl halides is 6. The number of benzene rings is 1. The third-order valence-electron chi connectivity index (χ3n) is 3.28. The zero-order chi connectivity index (χ0) is 19.1. The van der Waals surface area contributed by atoms with Gasteiger partial charge in [0.1, 0.15) is 12.3 Å². The molecule has 0 fully saturated rings. The van der Waals surface area contributed by atoms with Gasteiger partial charge in [-0.2, -0.15) is 13.2 Å². The first kappa shape index (κ1) is 17.8. The minimum Gasteiger partial charge on any atom is -0.406 e. The zero-order valence-electron chi connectivity index (χ0n) is 12.6. The Labute approximate surface area is 140 Å². The molecule has 0 aliphatic rings. The molecule has 0 atom stereocenters. The van der Waals surface area contributed by atoms with Gasteiger partial charge in [0, 0.05) is 5.56 Å². The van der Waals surface area contributed by atoms with Crippen molar-refractivity contribution in [1.82, 2.24) is 9.55 Å². The number of hydrogen-bond donors (Lipinski definition) is 0. The van der Waals surface area contributed by atoms with Crippen LogP contribution in [-0.2, 0) is 6.54 Å². The molecule has 0 amide bonds. The van der Waals surface area contributed by atoms with Gasteiger partial charge in [-0.15, -0.1) is 13.2 Å². The molecule has 26 heavy (non-hydrogen) atoms. The molecule has 5 nitrogen and oxygen atoms in total. The summed E-state index contributed by atoms with van der Waals surface area (Å²) in [6, 6.07) is 5.76. The summed E-state index contributed by atoms with van der Waals surface area (Å²) in [5.41, 5.74) is 0.189. The molecule has 1 aromatic carbocycles. The van der Waals surface area contributed by atoms with E-state index < -0.39 is 30.6 Å². The zero-order valence-corrected chi connectivity index (χ0v) is 12.6.